The Hall–Kier alpha value is -5.12. The molecule has 0 fully saturated rings. The number of hydrogen-bond acceptors (Lipinski definition) is 5. The number of nitrogens with one attached hydrogen (secondary N) is 1. The molecule has 1 aliphatic rings. The number of fused-ring (bicyclic) bond motifs is 1. The molecule has 41 heavy (non-hydrogen) atoms. The monoisotopic (exact) mass is 559 g/mol. The van der Waals surface area contributed by atoms with Crippen molar-refractivity contribution in [2.24, 2.45) is 5.10 Å². The van der Waals surface area contributed by atoms with E-state index in [1.807, 2.05) is 0 Å². The Labute approximate surface area is 233 Å². The molecule has 1 amide bonds. The number of amides is 1. The van der Waals surface area contributed by atoms with Gasteiger partial charge in [-0.25, -0.2) is 4.79 Å². The molecule has 208 valence electrons. The zero-order chi connectivity index (χ0) is 29.1. The molecule has 0 spiro atoms. The van der Waals surface area contributed by atoms with Gasteiger partial charge in [0.2, 0.25) is 0 Å². The minimum Gasteiger partial charge on any atom is -0.505 e. The zero-order valence-corrected chi connectivity index (χ0v) is 21.5. The lowest BCUT2D eigenvalue weighted by molar-refractivity contribution is -0.135. The van der Waals surface area contributed by atoms with E-state index in [1.165, 1.54) is 17.0 Å². The Kier molecular flexibility index (Phi) is 7.47. The predicted octanol–water partition coefficient (Wildman–Crippen LogP) is 7.14. The van der Waals surface area contributed by atoms with Crippen LogP contribution in [-0.4, -0.2) is 34.0 Å². The third kappa shape index (κ3) is 5.91. The molecular weight excluding hydrogens is 535 g/mol. The molecule has 5 rings (SSSR count). The number of hydrazone groups is 1. The lowest BCUT2D eigenvalue weighted by atomic mass is 10.0. The summed E-state index contributed by atoms with van der Waals surface area (Å²) in [6.07, 6.45) is -4.80. The lowest BCUT2D eigenvalue weighted by Crippen LogP contribution is -2.26. The predicted molar refractivity (Wildman–Crippen MR) is 150 cm³/mol. The molecule has 1 heterocycles. The van der Waals surface area contributed by atoms with E-state index in [-0.39, 0.29) is 35.6 Å². The number of halogens is 3. The standard InChI is InChI=1S/C31H24F3N3O4/c32-31(33,34)17-5-6-19-13-15-22(16-14-19)37-26-12-2-1-9-24(26)27(29(37)39)36-35-25-11-4-10-23(28(25)38)20-7-3-8-21(18-20)30(40)41/h1-4,7-16,18,35,38H,5-6,17H2,(H,40,41)/b36-27-. The van der Waals surface area contributed by atoms with Gasteiger partial charge in [-0.1, -0.05) is 54.6 Å². The summed E-state index contributed by atoms with van der Waals surface area (Å²) in [5.41, 5.74) is 6.46. The Bertz CT molecular complexity index is 1650. The van der Waals surface area contributed by atoms with Gasteiger partial charge in [0, 0.05) is 23.2 Å². The van der Waals surface area contributed by atoms with Crippen molar-refractivity contribution < 1.29 is 33.0 Å². The van der Waals surface area contributed by atoms with Gasteiger partial charge < -0.3 is 10.2 Å². The molecule has 3 N–H and O–H groups in total. The van der Waals surface area contributed by atoms with Crippen molar-refractivity contribution in [2.75, 3.05) is 10.3 Å². The number of rotatable bonds is 8. The maximum absolute atomic E-state index is 13.5. The summed E-state index contributed by atoms with van der Waals surface area (Å²) in [6.45, 7) is 0. The lowest BCUT2D eigenvalue weighted by Gasteiger charge is -2.17. The number of benzene rings is 4. The fraction of sp³-hybridized carbons (Fsp3) is 0.129. The Morgan fingerprint density at radius 2 is 1.61 bits per heavy atom. The molecule has 0 bridgehead atoms. The molecule has 0 saturated carbocycles. The first-order chi connectivity index (χ1) is 19.6. The molecule has 7 nitrogen and oxygen atoms in total. The van der Waals surface area contributed by atoms with Crippen molar-refractivity contribution in [2.45, 2.75) is 25.4 Å². The fourth-order valence-corrected chi connectivity index (χ4v) is 4.67. The minimum atomic E-state index is -4.20. The topological polar surface area (TPSA) is 102 Å². The van der Waals surface area contributed by atoms with Crippen LogP contribution >= 0.6 is 0 Å². The molecule has 0 atom stereocenters. The van der Waals surface area contributed by atoms with Crippen molar-refractivity contribution in [3.63, 3.8) is 0 Å². The minimum absolute atomic E-state index is 0.0180. The van der Waals surface area contributed by atoms with Crippen molar-refractivity contribution in [1.82, 2.24) is 0 Å². The SMILES string of the molecule is O=C(O)c1cccc(-c2cccc(N/N=C3\C(=O)N(c4ccc(CCCC(F)(F)F)cc4)c4ccccc43)c2O)c1. The third-order valence-corrected chi connectivity index (χ3v) is 6.67. The second kappa shape index (κ2) is 11.2. The highest BCUT2D eigenvalue weighted by atomic mass is 19.4. The van der Waals surface area contributed by atoms with Gasteiger partial charge in [-0.3, -0.25) is 15.1 Å². The highest BCUT2D eigenvalue weighted by Crippen LogP contribution is 2.38. The second-order valence-corrected chi connectivity index (χ2v) is 9.45. The van der Waals surface area contributed by atoms with Crippen LogP contribution in [0.1, 0.15) is 34.3 Å². The second-order valence-electron chi connectivity index (χ2n) is 9.45. The number of nitrogens with zero attached hydrogens (tertiary/aromatic N) is 2. The van der Waals surface area contributed by atoms with Crippen LogP contribution in [0.2, 0.25) is 0 Å². The highest BCUT2D eigenvalue weighted by molar-refractivity contribution is 6.55. The van der Waals surface area contributed by atoms with Crippen LogP contribution in [0, 0.1) is 0 Å². The molecular formula is C31H24F3N3O4. The van der Waals surface area contributed by atoms with Crippen molar-refractivity contribution in [3.8, 4) is 16.9 Å². The highest BCUT2D eigenvalue weighted by Gasteiger charge is 2.35. The molecule has 0 unspecified atom stereocenters. The number of carbonyl (C=O) groups is 2. The number of phenols is 1. The van der Waals surface area contributed by atoms with E-state index in [2.05, 4.69) is 10.5 Å². The smallest absolute Gasteiger partial charge is 0.389 e. The molecule has 4 aromatic carbocycles. The third-order valence-electron chi connectivity index (χ3n) is 6.67. The van der Waals surface area contributed by atoms with E-state index in [4.69, 9.17) is 0 Å². The molecule has 1 aliphatic heterocycles. The van der Waals surface area contributed by atoms with Crippen LogP contribution in [-0.2, 0) is 11.2 Å². The molecule has 0 radical (unpaired) electrons. The van der Waals surface area contributed by atoms with Crippen LogP contribution in [0.4, 0.5) is 30.2 Å². The summed E-state index contributed by atoms with van der Waals surface area (Å²) in [5.74, 6) is -1.68. The van der Waals surface area contributed by atoms with Gasteiger partial charge in [0.15, 0.2) is 5.71 Å². The Morgan fingerprint density at radius 1 is 0.902 bits per heavy atom. The van der Waals surface area contributed by atoms with E-state index >= 15 is 0 Å². The maximum atomic E-state index is 13.5. The van der Waals surface area contributed by atoms with E-state index < -0.39 is 24.5 Å². The molecule has 10 heteroatoms. The van der Waals surface area contributed by atoms with E-state index in [0.29, 0.717) is 28.1 Å². The number of phenolic OH excluding ortho intramolecular Hbond substituents is 1. The van der Waals surface area contributed by atoms with Gasteiger partial charge in [-0.05, 0) is 60.4 Å². The largest absolute Gasteiger partial charge is 0.505 e. The van der Waals surface area contributed by atoms with Gasteiger partial charge >= 0.3 is 12.1 Å². The van der Waals surface area contributed by atoms with Gasteiger partial charge in [0.05, 0.1) is 16.9 Å². The summed E-state index contributed by atoms with van der Waals surface area (Å²) in [4.78, 5) is 26.4. The van der Waals surface area contributed by atoms with Gasteiger partial charge in [-0.2, -0.15) is 18.3 Å². The molecule has 0 aromatic heterocycles. The number of para-hydroxylation sites is 2. The van der Waals surface area contributed by atoms with Crippen molar-refractivity contribution >= 4 is 34.7 Å². The number of carboxylic acid groups (broad SMARTS) is 1. The van der Waals surface area contributed by atoms with Gasteiger partial charge in [0.25, 0.3) is 5.91 Å². The summed E-state index contributed by atoms with van der Waals surface area (Å²) in [5, 5.41) is 24.6. The molecule has 0 aliphatic carbocycles. The quantitative estimate of drug-likeness (QED) is 0.157. The maximum Gasteiger partial charge on any atom is 0.389 e. The van der Waals surface area contributed by atoms with Crippen LogP contribution in [0.25, 0.3) is 11.1 Å². The number of aromatic carboxylic acids is 1. The number of aryl methyl sites for hydroxylation is 1. The summed E-state index contributed by atoms with van der Waals surface area (Å²) in [6, 6.07) is 24.9. The van der Waals surface area contributed by atoms with Crippen molar-refractivity contribution in [1.29, 1.82) is 0 Å². The molecule has 4 aromatic rings. The number of carboxylic acids is 1. The van der Waals surface area contributed by atoms with E-state index in [1.54, 1.807) is 78.9 Å². The van der Waals surface area contributed by atoms with E-state index in [0.717, 1.165) is 5.56 Å². The zero-order valence-electron chi connectivity index (χ0n) is 21.5. The number of carbonyl (C=O) groups excluding carboxylic acids is 1. The van der Waals surface area contributed by atoms with Gasteiger partial charge in [-0.15, -0.1) is 0 Å². The number of aromatic hydroxyl groups is 1. The number of alkyl halides is 3. The Morgan fingerprint density at radius 3 is 2.34 bits per heavy atom. The summed E-state index contributed by atoms with van der Waals surface area (Å²) >= 11 is 0. The average molecular weight is 560 g/mol. The van der Waals surface area contributed by atoms with Crippen LogP contribution in [0.5, 0.6) is 5.75 Å². The summed E-state index contributed by atoms with van der Waals surface area (Å²) < 4.78 is 37.5. The number of anilines is 3. The van der Waals surface area contributed by atoms with Crippen molar-refractivity contribution in [3.05, 3.63) is 108 Å². The van der Waals surface area contributed by atoms with Crippen LogP contribution in [0.15, 0.2) is 96.1 Å². The van der Waals surface area contributed by atoms with E-state index in [9.17, 15) is 33.0 Å². The average Bonchev–Trinajstić information content (AvgIpc) is 3.23. The Balaban J connectivity index is 1.40. The first-order valence-corrected chi connectivity index (χ1v) is 12.7. The normalized spacial score (nSPS) is 13.9. The number of hydrogen-bond donors (Lipinski definition) is 3. The first-order valence-electron chi connectivity index (χ1n) is 12.7. The molecule has 0 saturated heterocycles. The first kappa shape index (κ1) is 27.4. The van der Waals surface area contributed by atoms with Crippen LogP contribution < -0.4 is 10.3 Å². The summed E-state index contributed by atoms with van der Waals surface area (Å²) in [7, 11) is 0. The van der Waals surface area contributed by atoms with Gasteiger partial charge in [0.1, 0.15) is 5.75 Å². The fourth-order valence-electron chi connectivity index (χ4n) is 4.67. The van der Waals surface area contributed by atoms with Crippen LogP contribution in [0.3, 0.4) is 0 Å².